The Morgan fingerprint density at radius 2 is 1.55 bits per heavy atom. The Labute approximate surface area is 201 Å². The number of anilines is 1. The highest BCUT2D eigenvalue weighted by molar-refractivity contribution is 9.10. The number of hydrogen-bond acceptors (Lipinski definition) is 3. The zero-order chi connectivity index (χ0) is 23.4. The van der Waals surface area contributed by atoms with E-state index in [2.05, 4.69) is 41.9 Å². The SMILES string of the molecule is Cc1cc2oc3c(c(=O)c2cc1C)C(c1ccc(C(C)C)cc1)N(c1ccc(Br)cc1)C3=O. The smallest absolute Gasteiger partial charge is 0.295 e. The summed E-state index contributed by atoms with van der Waals surface area (Å²) in [6.07, 6.45) is 0. The number of carbonyl (C=O) groups excluding carboxylic acids is 1. The van der Waals surface area contributed by atoms with Crippen molar-refractivity contribution in [1.29, 1.82) is 0 Å². The molecule has 4 aromatic rings. The molecule has 1 atom stereocenters. The minimum absolute atomic E-state index is 0.122. The first-order valence-corrected chi connectivity index (χ1v) is 11.8. The molecule has 1 unspecified atom stereocenters. The summed E-state index contributed by atoms with van der Waals surface area (Å²) in [4.78, 5) is 29.1. The van der Waals surface area contributed by atoms with Crippen LogP contribution in [-0.2, 0) is 0 Å². The molecule has 0 N–H and O–H groups in total. The van der Waals surface area contributed by atoms with Gasteiger partial charge in [-0.3, -0.25) is 14.5 Å². The molecule has 0 spiro atoms. The fourth-order valence-corrected chi connectivity index (χ4v) is 4.74. The lowest BCUT2D eigenvalue weighted by atomic mass is 9.94. The maximum absolute atomic E-state index is 13.8. The fraction of sp³-hybridized carbons (Fsp3) is 0.214. The number of carbonyl (C=O) groups is 1. The highest BCUT2D eigenvalue weighted by atomic mass is 79.9. The van der Waals surface area contributed by atoms with Crippen molar-refractivity contribution in [3.05, 3.63) is 109 Å². The molecule has 1 aliphatic heterocycles. The first-order chi connectivity index (χ1) is 15.8. The van der Waals surface area contributed by atoms with Gasteiger partial charge in [-0.05, 0) is 78.4 Å². The summed E-state index contributed by atoms with van der Waals surface area (Å²) in [7, 11) is 0. The van der Waals surface area contributed by atoms with Gasteiger partial charge in [0, 0.05) is 10.2 Å². The number of benzene rings is 3. The van der Waals surface area contributed by atoms with Crippen molar-refractivity contribution in [2.45, 2.75) is 39.7 Å². The van der Waals surface area contributed by atoms with E-state index < -0.39 is 6.04 Å². The first kappa shape index (κ1) is 21.7. The van der Waals surface area contributed by atoms with E-state index in [-0.39, 0.29) is 17.1 Å². The van der Waals surface area contributed by atoms with Gasteiger partial charge in [0.25, 0.3) is 5.91 Å². The van der Waals surface area contributed by atoms with Crippen LogP contribution in [0.3, 0.4) is 0 Å². The Morgan fingerprint density at radius 3 is 2.18 bits per heavy atom. The molecule has 0 aliphatic carbocycles. The van der Waals surface area contributed by atoms with Crippen molar-refractivity contribution in [3.8, 4) is 0 Å². The van der Waals surface area contributed by atoms with Crippen molar-refractivity contribution in [3.63, 3.8) is 0 Å². The van der Waals surface area contributed by atoms with Crippen LogP contribution < -0.4 is 10.3 Å². The molecule has 4 nitrogen and oxygen atoms in total. The molecule has 0 saturated heterocycles. The molecular formula is C28H24BrNO3. The Balaban J connectivity index is 1.78. The van der Waals surface area contributed by atoms with Crippen LogP contribution in [0.5, 0.6) is 0 Å². The minimum Gasteiger partial charge on any atom is -0.450 e. The molecule has 0 fully saturated rings. The number of fused-ring (bicyclic) bond motifs is 2. The van der Waals surface area contributed by atoms with Crippen molar-refractivity contribution >= 4 is 38.5 Å². The van der Waals surface area contributed by atoms with E-state index >= 15 is 0 Å². The van der Waals surface area contributed by atoms with Crippen LogP contribution >= 0.6 is 15.9 Å². The van der Waals surface area contributed by atoms with E-state index in [1.807, 2.05) is 62.4 Å². The Morgan fingerprint density at radius 1 is 0.909 bits per heavy atom. The van der Waals surface area contributed by atoms with Gasteiger partial charge >= 0.3 is 0 Å². The maximum Gasteiger partial charge on any atom is 0.295 e. The molecule has 0 bridgehead atoms. The zero-order valence-electron chi connectivity index (χ0n) is 19.0. The third-order valence-electron chi connectivity index (χ3n) is 6.51. The topological polar surface area (TPSA) is 50.5 Å². The van der Waals surface area contributed by atoms with Crippen LogP contribution in [0.15, 0.2) is 74.3 Å². The van der Waals surface area contributed by atoms with Crippen LogP contribution in [-0.4, -0.2) is 5.91 Å². The van der Waals surface area contributed by atoms with Gasteiger partial charge in [0.2, 0.25) is 5.76 Å². The molecule has 1 aliphatic rings. The van der Waals surface area contributed by atoms with Gasteiger partial charge < -0.3 is 4.42 Å². The second-order valence-corrected chi connectivity index (χ2v) is 9.90. The van der Waals surface area contributed by atoms with Crippen molar-refractivity contribution in [2.24, 2.45) is 0 Å². The summed E-state index contributed by atoms with van der Waals surface area (Å²) in [5, 5.41) is 0.506. The number of hydrogen-bond donors (Lipinski definition) is 0. The minimum atomic E-state index is -0.558. The van der Waals surface area contributed by atoms with E-state index in [0.29, 0.717) is 28.1 Å². The molecule has 5 rings (SSSR count). The molecule has 0 radical (unpaired) electrons. The average Bonchev–Trinajstić information content (AvgIpc) is 3.08. The number of nitrogens with zero attached hydrogens (tertiary/aromatic N) is 1. The molecule has 1 aromatic heterocycles. The molecule has 33 heavy (non-hydrogen) atoms. The monoisotopic (exact) mass is 501 g/mol. The van der Waals surface area contributed by atoms with Gasteiger partial charge in [-0.15, -0.1) is 0 Å². The first-order valence-electron chi connectivity index (χ1n) is 11.0. The van der Waals surface area contributed by atoms with Gasteiger partial charge in [-0.1, -0.05) is 54.0 Å². The second kappa shape index (κ2) is 7.99. The second-order valence-electron chi connectivity index (χ2n) is 8.98. The molecular weight excluding hydrogens is 478 g/mol. The van der Waals surface area contributed by atoms with Gasteiger partial charge in [0.05, 0.1) is 17.0 Å². The van der Waals surface area contributed by atoms with Crippen LogP contribution in [0.1, 0.15) is 64.2 Å². The summed E-state index contributed by atoms with van der Waals surface area (Å²) in [6.45, 7) is 8.23. The molecule has 5 heteroatoms. The molecule has 0 saturated carbocycles. The summed E-state index contributed by atoms with van der Waals surface area (Å²) in [6, 6.07) is 18.8. The van der Waals surface area contributed by atoms with E-state index in [4.69, 9.17) is 4.42 Å². The molecule has 3 aromatic carbocycles. The lowest BCUT2D eigenvalue weighted by molar-refractivity contribution is 0.0971. The molecule has 166 valence electrons. The van der Waals surface area contributed by atoms with E-state index in [9.17, 15) is 9.59 Å². The zero-order valence-corrected chi connectivity index (χ0v) is 20.6. The van der Waals surface area contributed by atoms with E-state index in [1.54, 1.807) is 4.90 Å². The summed E-state index contributed by atoms with van der Waals surface area (Å²) >= 11 is 3.46. The highest BCUT2D eigenvalue weighted by Gasteiger charge is 2.43. The number of amides is 1. The average molecular weight is 502 g/mol. The summed E-state index contributed by atoms with van der Waals surface area (Å²) in [5.74, 6) is 0.207. The number of aryl methyl sites for hydroxylation is 2. The van der Waals surface area contributed by atoms with Crippen LogP contribution in [0.2, 0.25) is 0 Å². The van der Waals surface area contributed by atoms with Gasteiger partial charge in [0.1, 0.15) is 5.58 Å². The largest absolute Gasteiger partial charge is 0.450 e. The highest BCUT2D eigenvalue weighted by Crippen LogP contribution is 2.41. The molecule has 2 heterocycles. The lowest BCUT2D eigenvalue weighted by Crippen LogP contribution is -2.29. The predicted octanol–water partition coefficient (Wildman–Crippen LogP) is 7.05. The summed E-state index contributed by atoms with van der Waals surface area (Å²) in [5.41, 5.74) is 5.52. The van der Waals surface area contributed by atoms with E-state index in [1.165, 1.54) is 5.56 Å². The van der Waals surface area contributed by atoms with Gasteiger partial charge in [-0.25, -0.2) is 0 Å². The van der Waals surface area contributed by atoms with Crippen LogP contribution in [0.4, 0.5) is 5.69 Å². The third kappa shape index (κ3) is 3.51. The van der Waals surface area contributed by atoms with Crippen LogP contribution in [0, 0.1) is 13.8 Å². The maximum atomic E-state index is 13.8. The van der Waals surface area contributed by atoms with Crippen LogP contribution in [0.25, 0.3) is 11.0 Å². The van der Waals surface area contributed by atoms with Crippen molar-refractivity contribution in [2.75, 3.05) is 4.90 Å². The van der Waals surface area contributed by atoms with E-state index in [0.717, 1.165) is 21.2 Å². The quantitative estimate of drug-likeness (QED) is 0.302. The predicted molar refractivity (Wildman–Crippen MR) is 135 cm³/mol. The number of rotatable bonds is 3. The molecule has 1 amide bonds. The van der Waals surface area contributed by atoms with Gasteiger partial charge in [-0.2, -0.15) is 0 Å². The fourth-order valence-electron chi connectivity index (χ4n) is 4.47. The third-order valence-corrected chi connectivity index (χ3v) is 7.04. The Kier molecular flexibility index (Phi) is 5.25. The Hall–Kier alpha value is -3.18. The lowest BCUT2D eigenvalue weighted by Gasteiger charge is -2.25. The normalized spacial score (nSPS) is 15.5. The van der Waals surface area contributed by atoms with Crippen molar-refractivity contribution in [1.82, 2.24) is 0 Å². The summed E-state index contributed by atoms with van der Waals surface area (Å²) < 4.78 is 7.04. The Bertz CT molecular complexity index is 1450. The standard InChI is InChI=1S/C28H24BrNO3/c1-15(2)18-5-7-19(8-6-18)25-24-26(31)22-13-16(3)17(4)14-23(22)33-27(24)28(32)30(25)21-11-9-20(29)10-12-21/h5-15,25H,1-4H3. The van der Waals surface area contributed by atoms with Gasteiger partial charge in [0.15, 0.2) is 5.43 Å². The number of halogens is 1. The van der Waals surface area contributed by atoms with Crippen molar-refractivity contribution < 1.29 is 9.21 Å².